The van der Waals surface area contributed by atoms with Gasteiger partial charge in [0.2, 0.25) is 5.91 Å². The van der Waals surface area contributed by atoms with Gasteiger partial charge in [-0.1, -0.05) is 24.3 Å². The van der Waals surface area contributed by atoms with E-state index < -0.39 is 29.9 Å². The highest BCUT2D eigenvalue weighted by Crippen LogP contribution is 2.51. The van der Waals surface area contributed by atoms with Crippen LogP contribution in [0.2, 0.25) is 0 Å². The Hall–Kier alpha value is -3.01. The molecule has 0 N–H and O–H groups in total. The molecule has 0 spiro atoms. The lowest BCUT2D eigenvalue weighted by Gasteiger charge is -2.28. The largest absolute Gasteiger partial charge is 0.462 e. The first kappa shape index (κ1) is 23.4. The maximum Gasteiger partial charge on any atom is 0.341 e. The van der Waals surface area contributed by atoms with Crippen LogP contribution < -0.4 is 9.96 Å². The Bertz CT molecular complexity index is 1350. The molecule has 186 valence electrons. The minimum Gasteiger partial charge on any atom is -0.462 e. The van der Waals surface area contributed by atoms with E-state index in [1.165, 1.54) is 27.6 Å². The number of anilines is 2. The Balaban J connectivity index is 1.44. The average Bonchev–Trinajstić information content (AvgIpc) is 3.64. The van der Waals surface area contributed by atoms with Gasteiger partial charge < -0.3 is 4.74 Å². The Kier molecular flexibility index (Phi) is 5.94. The minimum atomic E-state index is -0.960. The number of thiophene rings is 2. The molecule has 2 amide bonds. The molecule has 2 aromatic heterocycles. The van der Waals surface area contributed by atoms with Crippen molar-refractivity contribution in [2.45, 2.75) is 51.7 Å². The summed E-state index contributed by atoms with van der Waals surface area (Å²) >= 11 is 2.91. The highest BCUT2D eigenvalue weighted by Gasteiger charge is 2.61. The minimum absolute atomic E-state index is 0.227. The fourth-order valence-electron chi connectivity index (χ4n) is 5.51. The summed E-state index contributed by atoms with van der Waals surface area (Å²) in [6.45, 7) is 3.97. The monoisotopic (exact) mass is 522 g/mol. The highest BCUT2D eigenvalue weighted by molar-refractivity contribution is 7.17. The molecule has 0 saturated carbocycles. The number of ether oxygens (including phenoxy) is 1. The molecule has 3 aliphatic rings. The SMILES string of the molecule is CCOC(=O)c1c(N2C(=O)[C@@H]3[C@@H](c4cccs4)N(c4ccccc4C)O[C@H]3C2=O)sc2c1CCCC2. The first-order valence-corrected chi connectivity index (χ1v) is 13.9. The van der Waals surface area contributed by atoms with Gasteiger partial charge in [0.15, 0.2) is 6.10 Å². The van der Waals surface area contributed by atoms with Crippen molar-refractivity contribution in [1.82, 2.24) is 0 Å². The van der Waals surface area contributed by atoms with Gasteiger partial charge in [0.25, 0.3) is 5.91 Å². The standard InChI is InChI=1S/C27H26N2O5S2/c1-3-33-27(32)20-16-10-5-7-12-18(16)36-26(20)28-24(30)21-22(19-13-8-14-35-19)29(34-23(21)25(28)31)17-11-6-4-9-15(17)2/h4,6,8-9,11,13-14,21-23H,3,5,7,10,12H2,1-2H3/t21-,22-,23-/m1/s1. The molecule has 7 nitrogen and oxygen atoms in total. The molecule has 1 aromatic carbocycles. The van der Waals surface area contributed by atoms with E-state index in [-0.39, 0.29) is 12.5 Å². The summed E-state index contributed by atoms with van der Waals surface area (Å²) in [4.78, 5) is 50.4. The molecule has 9 heteroatoms. The number of para-hydroxylation sites is 1. The number of carbonyl (C=O) groups is 3. The Morgan fingerprint density at radius 2 is 1.92 bits per heavy atom. The van der Waals surface area contributed by atoms with Crippen LogP contribution in [0.3, 0.4) is 0 Å². The number of amides is 2. The fourth-order valence-corrected chi connectivity index (χ4v) is 7.75. The Morgan fingerprint density at radius 3 is 2.67 bits per heavy atom. The number of hydrogen-bond donors (Lipinski definition) is 0. The number of benzene rings is 1. The quantitative estimate of drug-likeness (QED) is 0.338. The molecule has 2 saturated heterocycles. The van der Waals surface area contributed by atoms with Gasteiger partial charge >= 0.3 is 5.97 Å². The molecule has 2 fully saturated rings. The summed E-state index contributed by atoms with van der Waals surface area (Å²) in [7, 11) is 0. The van der Waals surface area contributed by atoms with Crippen LogP contribution in [0, 0.1) is 12.8 Å². The summed E-state index contributed by atoms with van der Waals surface area (Å²) in [5, 5.41) is 4.08. The van der Waals surface area contributed by atoms with Crippen LogP contribution in [-0.4, -0.2) is 30.5 Å². The first-order valence-electron chi connectivity index (χ1n) is 12.3. The molecular weight excluding hydrogens is 496 g/mol. The van der Waals surface area contributed by atoms with Gasteiger partial charge in [-0.15, -0.1) is 22.7 Å². The normalized spacial score (nSPS) is 23.2. The van der Waals surface area contributed by atoms with Crippen LogP contribution in [0.15, 0.2) is 41.8 Å². The van der Waals surface area contributed by atoms with Gasteiger partial charge in [0.1, 0.15) is 17.0 Å². The number of carbonyl (C=O) groups excluding carboxylic acids is 3. The second-order valence-corrected chi connectivity index (χ2v) is 11.3. The third kappa shape index (κ3) is 3.52. The zero-order valence-electron chi connectivity index (χ0n) is 20.1. The maximum absolute atomic E-state index is 14.1. The van der Waals surface area contributed by atoms with Crippen molar-refractivity contribution in [2.24, 2.45) is 5.92 Å². The predicted octanol–water partition coefficient (Wildman–Crippen LogP) is 5.22. The van der Waals surface area contributed by atoms with E-state index in [0.29, 0.717) is 10.6 Å². The summed E-state index contributed by atoms with van der Waals surface area (Å²) in [5.74, 6) is -1.94. The number of fused-ring (bicyclic) bond motifs is 2. The number of nitrogens with zero attached hydrogens (tertiary/aromatic N) is 2. The van der Waals surface area contributed by atoms with Crippen LogP contribution in [0.4, 0.5) is 10.7 Å². The molecule has 0 radical (unpaired) electrons. The van der Waals surface area contributed by atoms with E-state index in [4.69, 9.17) is 9.57 Å². The Labute approximate surface area is 217 Å². The van der Waals surface area contributed by atoms with E-state index >= 15 is 0 Å². The third-order valence-electron chi connectivity index (χ3n) is 7.14. The summed E-state index contributed by atoms with van der Waals surface area (Å²) in [5.41, 5.74) is 3.12. The van der Waals surface area contributed by atoms with Gasteiger partial charge in [0.05, 0.1) is 17.9 Å². The summed E-state index contributed by atoms with van der Waals surface area (Å²) in [6.07, 6.45) is 2.62. The molecule has 36 heavy (non-hydrogen) atoms. The number of aryl methyl sites for hydroxylation is 2. The molecule has 3 atom stereocenters. The number of imide groups is 1. The van der Waals surface area contributed by atoms with E-state index in [1.807, 2.05) is 48.7 Å². The topological polar surface area (TPSA) is 76.2 Å². The van der Waals surface area contributed by atoms with Crippen molar-refractivity contribution in [3.05, 3.63) is 68.2 Å². The van der Waals surface area contributed by atoms with Crippen molar-refractivity contribution >= 4 is 51.1 Å². The van der Waals surface area contributed by atoms with Crippen LogP contribution in [0.5, 0.6) is 0 Å². The van der Waals surface area contributed by atoms with Gasteiger partial charge in [-0.3, -0.25) is 14.4 Å². The zero-order valence-corrected chi connectivity index (χ0v) is 21.7. The Morgan fingerprint density at radius 1 is 1.11 bits per heavy atom. The van der Waals surface area contributed by atoms with Crippen LogP contribution in [0.1, 0.15) is 57.0 Å². The second-order valence-electron chi connectivity index (χ2n) is 9.25. The maximum atomic E-state index is 14.1. The van der Waals surface area contributed by atoms with Gasteiger partial charge in [-0.2, -0.15) is 0 Å². The van der Waals surface area contributed by atoms with Crippen LogP contribution in [0.25, 0.3) is 0 Å². The molecule has 3 aromatic rings. The predicted molar refractivity (Wildman–Crippen MR) is 138 cm³/mol. The van der Waals surface area contributed by atoms with E-state index in [9.17, 15) is 14.4 Å². The van der Waals surface area contributed by atoms with Gasteiger partial charge in [-0.25, -0.2) is 14.8 Å². The van der Waals surface area contributed by atoms with E-state index in [0.717, 1.165) is 52.3 Å². The first-order chi connectivity index (χ1) is 17.5. The fraction of sp³-hybridized carbons (Fsp3) is 0.370. The van der Waals surface area contributed by atoms with Crippen molar-refractivity contribution in [1.29, 1.82) is 0 Å². The van der Waals surface area contributed by atoms with Crippen molar-refractivity contribution < 1.29 is 24.0 Å². The van der Waals surface area contributed by atoms with Crippen molar-refractivity contribution in [2.75, 3.05) is 16.6 Å². The second kappa shape index (κ2) is 9.14. The van der Waals surface area contributed by atoms with E-state index in [1.54, 1.807) is 12.0 Å². The molecule has 1 aliphatic carbocycles. The summed E-state index contributed by atoms with van der Waals surface area (Å²) < 4.78 is 5.37. The lowest BCUT2D eigenvalue weighted by molar-refractivity contribution is -0.126. The lowest BCUT2D eigenvalue weighted by atomic mass is 9.94. The number of hydrogen-bond acceptors (Lipinski definition) is 8. The van der Waals surface area contributed by atoms with Crippen molar-refractivity contribution in [3.8, 4) is 0 Å². The van der Waals surface area contributed by atoms with Gasteiger partial charge in [0, 0.05) is 9.75 Å². The molecule has 0 bridgehead atoms. The molecule has 4 heterocycles. The van der Waals surface area contributed by atoms with Crippen molar-refractivity contribution in [3.63, 3.8) is 0 Å². The molecule has 2 aliphatic heterocycles. The van der Waals surface area contributed by atoms with E-state index in [2.05, 4.69) is 0 Å². The zero-order chi connectivity index (χ0) is 25.0. The third-order valence-corrected chi connectivity index (χ3v) is 9.36. The molecular formula is C27H26N2O5S2. The number of rotatable bonds is 5. The summed E-state index contributed by atoms with van der Waals surface area (Å²) in [6, 6.07) is 11.3. The molecule has 6 rings (SSSR count). The highest BCUT2D eigenvalue weighted by atomic mass is 32.1. The molecule has 0 unspecified atom stereocenters. The number of hydroxylamine groups is 1. The van der Waals surface area contributed by atoms with Crippen LogP contribution in [-0.2, 0) is 32.0 Å². The smallest absolute Gasteiger partial charge is 0.341 e. The number of esters is 1. The average molecular weight is 523 g/mol. The van der Waals surface area contributed by atoms with Crippen LogP contribution >= 0.6 is 22.7 Å². The lowest BCUT2D eigenvalue weighted by Crippen LogP contribution is -2.37. The van der Waals surface area contributed by atoms with Gasteiger partial charge in [-0.05, 0) is 68.2 Å².